The second-order valence-electron chi connectivity index (χ2n) is 5.92. The average Bonchev–Trinajstić information content (AvgIpc) is 2.97. The van der Waals surface area contributed by atoms with Crippen molar-refractivity contribution in [2.24, 2.45) is 5.73 Å². The molecule has 0 aliphatic carbocycles. The second kappa shape index (κ2) is 7.08. The minimum Gasteiger partial charge on any atom is -0.365 e. The van der Waals surface area contributed by atoms with Crippen LogP contribution in [-0.4, -0.2) is 21.1 Å². The second-order valence-corrected chi connectivity index (χ2v) is 5.92. The summed E-state index contributed by atoms with van der Waals surface area (Å²) in [5.41, 5.74) is 11.0. The maximum Gasteiger partial charge on any atom is 0.252 e. The Hall–Kier alpha value is -2.95. The molecule has 0 unspecified atom stereocenters. The SMILES string of the molecule is Cc1cccc(CCc2n[nH]c(Cc3cccnc3)c2C(N)=O)c1. The van der Waals surface area contributed by atoms with Crippen molar-refractivity contribution in [3.8, 4) is 0 Å². The zero-order valence-corrected chi connectivity index (χ0v) is 13.6. The van der Waals surface area contributed by atoms with Gasteiger partial charge in [-0.3, -0.25) is 14.9 Å². The van der Waals surface area contributed by atoms with E-state index in [1.165, 1.54) is 11.1 Å². The predicted molar refractivity (Wildman–Crippen MR) is 92.7 cm³/mol. The number of hydrogen-bond donors (Lipinski definition) is 2. The highest BCUT2D eigenvalue weighted by Gasteiger charge is 2.18. The molecule has 5 nitrogen and oxygen atoms in total. The van der Waals surface area contributed by atoms with Crippen molar-refractivity contribution in [3.63, 3.8) is 0 Å². The number of carbonyl (C=O) groups is 1. The van der Waals surface area contributed by atoms with E-state index in [-0.39, 0.29) is 0 Å². The average molecular weight is 320 g/mol. The molecule has 2 heterocycles. The Morgan fingerprint density at radius 1 is 1.17 bits per heavy atom. The third-order valence-electron chi connectivity index (χ3n) is 4.00. The van der Waals surface area contributed by atoms with Crippen LogP contribution in [0.15, 0.2) is 48.8 Å². The minimum atomic E-state index is -0.443. The molecule has 0 fully saturated rings. The van der Waals surface area contributed by atoms with Crippen LogP contribution in [0.1, 0.15) is 38.4 Å². The van der Waals surface area contributed by atoms with Crippen LogP contribution in [0.3, 0.4) is 0 Å². The number of nitrogens with two attached hydrogens (primary N) is 1. The third-order valence-corrected chi connectivity index (χ3v) is 4.00. The van der Waals surface area contributed by atoms with Crippen LogP contribution in [-0.2, 0) is 19.3 Å². The number of aromatic nitrogens is 3. The van der Waals surface area contributed by atoms with Gasteiger partial charge in [0.05, 0.1) is 17.0 Å². The maximum absolute atomic E-state index is 11.9. The number of pyridine rings is 1. The molecule has 0 bridgehead atoms. The number of nitrogens with one attached hydrogen (secondary N) is 1. The number of H-pyrrole nitrogens is 1. The number of aromatic amines is 1. The first kappa shape index (κ1) is 15.9. The lowest BCUT2D eigenvalue weighted by Crippen LogP contribution is -2.15. The maximum atomic E-state index is 11.9. The van der Waals surface area contributed by atoms with Gasteiger partial charge in [0.2, 0.25) is 0 Å². The summed E-state index contributed by atoms with van der Waals surface area (Å²) in [6.45, 7) is 2.07. The largest absolute Gasteiger partial charge is 0.365 e. The highest BCUT2D eigenvalue weighted by Crippen LogP contribution is 2.17. The van der Waals surface area contributed by atoms with E-state index >= 15 is 0 Å². The monoisotopic (exact) mass is 320 g/mol. The van der Waals surface area contributed by atoms with Gasteiger partial charge in [0, 0.05) is 18.8 Å². The zero-order valence-electron chi connectivity index (χ0n) is 13.6. The molecule has 24 heavy (non-hydrogen) atoms. The van der Waals surface area contributed by atoms with Crippen LogP contribution in [0, 0.1) is 6.92 Å². The van der Waals surface area contributed by atoms with Crippen LogP contribution in [0.25, 0.3) is 0 Å². The van der Waals surface area contributed by atoms with Gasteiger partial charge in [0.25, 0.3) is 5.91 Å². The Bertz CT molecular complexity index is 840. The van der Waals surface area contributed by atoms with E-state index in [0.29, 0.717) is 18.4 Å². The van der Waals surface area contributed by atoms with Gasteiger partial charge in [-0.2, -0.15) is 5.10 Å². The Morgan fingerprint density at radius 2 is 2.00 bits per heavy atom. The molecule has 3 N–H and O–H groups in total. The van der Waals surface area contributed by atoms with Gasteiger partial charge >= 0.3 is 0 Å². The van der Waals surface area contributed by atoms with E-state index < -0.39 is 5.91 Å². The van der Waals surface area contributed by atoms with E-state index in [4.69, 9.17) is 5.73 Å². The van der Waals surface area contributed by atoms with Crippen LogP contribution >= 0.6 is 0 Å². The molecular weight excluding hydrogens is 300 g/mol. The molecule has 0 saturated carbocycles. The number of carbonyl (C=O) groups excluding carboxylic acids is 1. The zero-order chi connectivity index (χ0) is 16.9. The van der Waals surface area contributed by atoms with Crippen LogP contribution in [0.4, 0.5) is 0 Å². The summed E-state index contributed by atoms with van der Waals surface area (Å²) in [7, 11) is 0. The first-order valence-electron chi connectivity index (χ1n) is 7.94. The molecule has 0 radical (unpaired) electrons. The van der Waals surface area contributed by atoms with E-state index in [1.807, 2.05) is 18.2 Å². The minimum absolute atomic E-state index is 0.443. The fourth-order valence-corrected chi connectivity index (χ4v) is 2.86. The molecule has 2 aromatic heterocycles. The predicted octanol–water partition coefficient (Wildman–Crippen LogP) is 2.59. The lowest BCUT2D eigenvalue weighted by Gasteiger charge is -2.04. The third kappa shape index (κ3) is 3.68. The van der Waals surface area contributed by atoms with Crippen molar-refractivity contribution in [1.82, 2.24) is 15.2 Å². The number of primary amides is 1. The van der Waals surface area contributed by atoms with Gasteiger partial charge < -0.3 is 5.73 Å². The molecule has 3 aromatic rings. The van der Waals surface area contributed by atoms with Crippen molar-refractivity contribution >= 4 is 5.91 Å². The fraction of sp³-hybridized carbons (Fsp3) is 0.211. The first-order valence-corrected chi connectivity index (χ1v) is 7.94. The number of benzene rings is 1. The lowest BCUT2D eigenvalue weighted by molar-refractivity contribution is 0.0998. The summed E-state index contributed by atoms with van der Waals surface area (Å²) in [4.78, 5) is 16.0. The quantitative estimate of drug-likeness (QED) is 0.732. The summed E-state index contributed by atoms with van der Waals surface area (Å²) in [5.74, 6) is -0.443. The molecule has 1 amide bonds. The van der Waals surface area contributed by atoms with Gasteiger partial charge in [-0.25, -0.2) is 0 Å². The Morgan fingerprint density at radius 3 is 2.71 bits per heavy atom. The highest BCUT2D eigenvalue weighted by molar-refractivity contribution is 5.95. The topological polar surface area (TPSA) is 84.7 Å². The van der Waals surface area contributed by atoms with Crippen molar-refractivity contribution in [1.29, 1.82) is 0 Å². The molecule has 3 rings (SSSR count). The van der Waals surface area contributed by atoms with Gasteiger partial charge in [0.1, 0.15) is 0 Å². The van der Waals surface area contributed by atoms with Gasteiger partial charge in [-0.1, -0.05) is 35.9 Å². The van der Waals surface area contributed by atoms with Crippen molar-refractivity contribution < 1.29 is 4.79 Å². The van der Waals surface area contributed by atoms with Crippen molar-refractivity contribution in [3.05, 3.63) is 82.4 Å². The lowest BCUT2D eigenvalue weighted by atomic mass is 10.0. The van der Waals surface area contributed by atoms with E-state index in [2.05, 4.69) is 40.3 Å². The molecule has 1 aromatic carbocycles. The molecule has 0 atom stereocenters. The fourth-order valence-electron chi connectivity index (χ4n) is 2.86. The van der Waals surface area contributed by atoms with Gasteiger partial charge in [0.15, 0.2) is 0 Å². The molecule has 0 saturated heterocycles. The van der Waals surface area contributed by atoms with Crippen LogP contribution < -0.4 is 5.73 Å². The number of aryl methyl sites for hydroxylation is 3. The summed E-state index contributed by atoms with van der Waals surface area (Å²) in [6, 6.07) is 12.2. The van der Waals surface area contributed by atoms with Crippen molar-refractivity contribution in [2.45, 2.75) is 26.2 Å². The first-order chi connectivity index (χ1) is 11.6. The highest BCUT2D eigenvalue weighted by atomic mass is 16.1. The summed E-state index contributed by atoms with van der Waals surface area (Å²) in [5, 5.41) is 7.30. The van der Waals surface area contributed by atoms with Crippen molar-refractivity contribution in [2.75, 3.05) is 0 Å². The van der Waals surface area contributed by atoms with Gasteiger partial charge in [-0.15, -0.1) is 0 Å². The number of rotatable bonds is 6. The molecule has 5 heteroatoms. The molecular formula is C19H20N4O. The summed E-state index contributed by atoms with van der Waals surface area (Å²) >= 11 is 0. The molecule has 0 aliphatic rings. The number of amides is 1. The molecule has 122 valence electrons. The molecule has 0 aliphatic heterocycles. The Labute approximate surface area is 140 Å². The summed E-state index contributed by atoms with van der Waals surface area (Å²) in [6.07, 6.45) is 5.55. The van der Waals surface area contributed by atoms with E-state index in [9.17, 15) is 4.79 Å². The van der Waals surface area contributed by atoms with E-state index in [1.54, 1.807) is 12.4 Å². The van der Waals surface area contributed by atoms with E-state index in [0.717, 1.165) is 23.4 Å². The number of nitrogens with zero attached hydrogens (tertiary/aromatic N) is 2. The Balaban J connectivity index is 1.80. The van der Waals surface area contributed by atoms with Crippen LogP contribution in [0.2, 0.25) is 0 Å². The smallest absolute Gasteiger partial charge is 0.252 e. The number of hydrogen-bond acceptors (Lipinski definition) is 3. The normalized spacial score (nSPS) is 10.7. The standard InChI is InChI=1S/C19H20N4O/c1-13-4-2-5-14(10-13)7-8-16-18(19(20)24)17(23-22-16)11-15-6-3-9-21-12-15/h2-6,9-10,12H,7-8,11H2,1H3,(H2,20,24)(H,22,23). The van der Waals surface area contributed by atoms with Crippen LogP contribution in [0.5, 0.6) is 0 Å². The summed E-state index contributed by atoms with van der Waals surface area (Å²) < 4.78 is 0. The Kier molecular flexibility index (Phi) is 4.70. The molecule has 0 spiro atoms. The van der Waals surface area contributed by atoms with Gasteiger partial charge in [-0.05, 0) is 37.0 Å².